The SMILES string of the molecule is CCCCCCCCCCc1ccc2oc(NC3CN(C(=O)OC(C)(C)C)C3)nc2c1. The van der Waals surface area contributed by atoms with E-state index >= 15 is 0 Å². The lowest BCUT2D eigenvalue weighted by Gasteiger charge is -2.39. The van der Waals surface area contributed by atoms with Gasteiger partial charge in [0, 0.05) is 13.1 Å². The third-order valence-corrected chi connectivity index (χ3v) is 5.63. The van der Waals surface area contributed by atoms with Crippen molar-refractivity contribution in [3.63, 3.8) is 0 Å². The molecular formula is C25H39N3O3. The molecule has 0 unspecified atom stereocenters. The lowest BCUT2D eigenvalue weighted by molar-refractivity contribution is 0.0103. The van der Waals surface area contributed by atoms with Crippen LogP contribution in [0.3, 0.4) is 0 Å². The number of benzene rings is 1. The van der Waals surface area contributed by atoms with E-state index in [1.807, 2.05) is 26.8 Å². The minimum absolute atomic E-state index is 0.136. The van der Waals surface area contributed by atoms with E-state index in [1.165, 1.54) is 56.9 Å². The number of amides is 1. The summed E-state index contributed by atoms with van der Waals surface area (Å²) in [6.07, 6.45) is 11.5. The van der Waals surface area contributed by atoms with Crippen molar-refractivity contribution in [1.29, 1.82) is 0 Å². The maximum atomic E-state index is 12.0. The first-order chi connectivity index (χ1) is 14.8. The zero-order valence-electron chi connectivity index (χ0n) is 19.7. The Balaban J connectivity index is 1.39. The number of hydrogen-bond donors (Lipinski definition) is 1. The van der Waals surface area contributed by atoms with Crippen LogP contribution in [0.4, 0.5) is 10.8 Å². The summed E-state index contributed by atoms with van der Waals surface area (Å²) >= 11 is 0. The van der Waals surface area contributed by atoms with E-state index in [1.54, 1.807) is 4.90 Å². The second-order valence-corrected chi connectivity index (χ2v) is 9.77. The molecule has 1 saturated heterocycles. The number of rotatable bonds is 11. The van der Waals surface area contributed by atoms with Crippen LogP contribution >= 0.6 is 0 Å². The van der Waals surface area contributed by atoms with Crippen LogP contribution in [0.1, 0.15) is 84.6 Å². The Morgan fingerprint density at radius 1 is 1.13 bits per heavy atom. The average Bonchev–Trinajstić information content (AvgIpc) is 3.06. The summed E-state index contributed by atoms with van der Waals surface area (Å²) in [7, 11) is 0. The van der Waals surface area contributed by atoms with E-state index in [9.17, 15) is 4.79 Å². The highest BCUT2D eigenvalue weighted by Crippen LogP contribution is 2.24. The number of aryl methyl sites for hydroxylation is 1. The highest BCUT2D eigenvalue weighted by Gasteiger charge is 2.34. The minimum atomic E-state index is -0.470. The first kappa shape index (κ1) is 23.4. The van der Waals surface area contributed by atoms with Crippen LogP contribution in [0.25, 0.3) is 11.1 Å². The molecule has 0 saturated carbocycles. The van der Waals surface area contributed by atoms with E-state index in [0.717, 1.165) is 17.5 Å². The fourth-order valence-corrected chi connectivity index (χ4v) is 3.87. The van der Waals surface area contributed by atoms with Gasteiger partial charge in [0.05, 0.1) is 6.04 Å². The lowest BCUT2D eigenvalue weighted by atomic mass is 10.0. The van der Waals surface area contributed by atoms with Crippen molar-refractivity contribution in [2.75, 3.05) is 18.4 Å². The zero-order valence-corrected chi connectivity index (χ0v) is 19.7. The van der Waals surface area contributed by atoms with E-state index in [2.05, 4.69) is 29.4 Å². The summed E-state index contributed by atoms with van der Waals surface area (Å²) in [4.78, 5) is 18.3. The smallest absolute Gasteiger partial charge is 0.410 e. The fraction of sp³-hybridized carbons (Fsp3) is 0.680. The van der Waals surface area contributed by atoms with Gasteiger partial charge in [-0.2, -0.15) is 4.98 Å². The molecule has 1 aromatic carbocycles. The Kier molecular flexibility index (Phi) is 8.22. The Morgan fingerprint density at radius 3 is 2.48 bits per heavy atom. The van der Waals surface area contributed by atoms with Crippen LogP contribution in [-0.2, 0) is 11.2 Å². The molecule has 6 nitrogen and oxygen atoms in total. The van der Waals surface area contributed by atoms with E-state index in [-0.39, 0.29) is 12.1 Å². The third-order valence-electron chi connectivity index (χ3n) is 5.63. The second-order valence-electron chi connectivity index (χ2n) is 9.77. The lowest BCUT2D eigenvalue weighted by Crippen LogP contribution is -2.57. The fourth-order valence-electron chi connectivity index (χ4n) is 3.87. The van der Waals surface area contributed by atoms with Crippen molar-refractivity contribution in [3.05, 3.63) is 23.8 Å². The van der Waals surface area contributed by atoms with Gasteiger partial charge in [0.1, 0.15) is 11.1 Å². The van der Waals surface area contributed by atoms with Crippen LogP contribution in [0.15, 0.2) is 22.6 Å². The van der Waals surface area contributed by atoms with Crippen LogP contribution < -0.4 is 5.32 Å². The molecule has 1 aromatic heterocycles. The molecule has 2 heterocycles. The van der Waals surface area contributed by atoms with Gasteiger partial charge in [-0.25, -0.2) is 4.79 Å². The maximum Gasteiger partial charge on any atom is 0.410 e. The summed E-state index contributed by atoms with van der Waals surface area (Å²) < 4.78 is 11.2. The number of nitrogens with zero attached hydrogens (tertiary/aromatic N) is 2. The molecule has 1 aliphatic heterocycles. The molecule has 6 heteroatoms. The monoisotopic (exact) mass is 429 g/mol. The summed E-state index contributed by atoms with van der Waals surface area (Å²) in [5, 5.41) is 3.29. The maximum absolute atomic E-state index is 12.0. The Hall–Kier alpha value is -2.24. The topological polar surface area (TPSA) is 67.6 Å². The number of carbonyl (C=O) groups excluding carboxylic acids is 1. The predicted molar refractivity (Wildman–Crippen MR) is 126 cm³/mol. The van der Waals surface area contributed by atoms with E-state index in [0.29, 0.717) is 19.1 Å². The molecule has 0 atom stereocenters. The first-order valence-corrected chi connectivity index (χ1v) is 12.0. The quantitative estimate of drug-likeness (QED) is 0.411. The summed E-state index contributed by atoms with van der Waals surface area (Å²) in [6.45, 7) is 9.08. The molecule has 3 rings (SSSR count). The van der Waals surface area contributed by atoms with Crippen molar-refractivity contribution in [1.82, 2.24) is 9.88 Å². The molecular weight excluding hydrogens is 390 g/mol. The van der Waals surface area contributed by atoms with Gasteiger partial charge in [-0.1, -0.05) is 57.9 Å². The Bertz CT molecular complexity index is 834. The highest BCUT2D eigenvalue weighted by molar-refractivity contribution is 5.75. The van der Waals surface area contributed by atoms with Gasteiger partial charge in [0.2, 0.25) is 0 Å². The predicted octanol–water partition coefficient (Wildman–Crippen LogP) is 6.54. The number of fused-ring (bicyclic) bond motifs is 1. The average molecular weight is 430 g/mol. The van der Waals surface area contributed by atoms with Crippen molar-refractivity contribution in [3.8, 4) is 0 Å². The number of carbonyl (C=O) groups is 1. The summed E-state index contributed by atoms with van der Waals surface area (Å²) in [5.74, 6) is 0. The van der Waals surface area contributed by atoms with Gasteiger partial charge >= 0.3 is 6.09 Å². The van der Waals surface area contributed by atoms with Crippen LogP contribution in [0.5, 0.6) is 0 Å². The van der Waals surface area contributed by atoms with Crippen LogP contribution in [-0.4, -0.2) is 40.7 Å². The van der Waals surface area contributed by atoms with Crippen molar-refractivity contribution in [2.45, 2.75) is 97.1 Å². The number of aromatic nitrogens is 1. The van der Waals surface area contributed by atoms with Crippen LogP contribution in [0, 0.1) is 0 Å². The molecule has 31 heavy (non-hydrogen) atoms. The summed E-state index contributed by atoms with van der Waals surface area (Å²) in [6, 6.07) is 6.96. The van der Waals surface area contributed by atoms with Gasteiger partial charge in [0.25, 0.3) is 6.01 Å². The van der Waals surface area contributed by atoms with Crippen LogP contribution in [0.2, 0.25) is 0 Å². The summed E-state index contributed by atoms with van der Waals surface area (Å²) in [5.41, 5.74) is 2.54. The van der Waals surface area contributed by atoms with Crippen molar-refractivity contribution >= 4 is 23.2 Å². The van der Waals surface area contributed by atoms with Crippen molar-refractivity contribution < 1.29 is 13.9 Å². The molecule has 0 aliphatic carbocycles. The number of likely N-dealkylation sites (tertiary alicyclic amines) is 1. The van der Waals surface area contributed by atoms with Gasteiger partial charge in [0.15, 0.2) is 5.58 Å². The largest absolute Gasteiger partial charge is 0.444 e. The number of nitrogens with one attached hydrogen (secondary N) is 1. The number of anilines is 1. The molecule has 1 amide bonds. The van der Waals surface area contributed by atoms with Gasteiger partial charge in [-0.15, -0.1) is 0 Å². The molecule has 1 fully saturated rings. The molecule has 1 aliphatic rings. The van der Waals surface area contributed by atoms with Gasteiger partial charge < -0.3 is 19.4 Å². The Labute approximate surface area is 186 Å². The molecule has 172 valence electrons. The van der Waals surface area contributed by atoms with E-state index < -0.39 is 5.60 Å². The normalized spacial score (nSPS) is 14.6. The standard InChI is InChI=1S/C25H39N3O3/c1-5-6-7-8-9-10-11-12-13-19-14-15-22-21(16-19)27-23(30-22)26-20-17-28(18-20)24(29)31-25(2,3)4/h14-16,20H,5-13,17-18H2,1-4H3,(H,26,27). The molecule has 1 N–H and O–H groups in total. The van der Waals surface area contributed by atoms with E-state index in [4.69, 9.17) is 9.15 Å². The zero-order chi connectivity index (χ0) is 22.3. The molecule has 0 spiro atoms. The molecule has 2 aromatic rings. The highest BCUT2D eigenvalue weighted by atomic mass is 16.6. The second kappa shape index (κ2) is 10.9. The molecule has 0 bridgehead atoms. The number of hydrogen-bond acceptors (Lipinski definition) is 5. The Morgan fingerprint density at radius 2 is 1.81 bits per heavy atom. The van der Waals surface area contributed by atoms with Crippen molar-refractivity contribution in [2.24, 2.45) is 0 Å². The first-order valence-electron chi connectivity index (χ1n) is 12.0. The van der Waals surface area contributed by atoms with Gasteiger partial charge in [-0.3, -0.25) is 0 Å². The number of ether oxygens (including phenoxy) is 1. The minimum Gasteiger partial charge on any atom is -0.444 e. The third kappa shape index (κ3) is 7.44. The van der Waals surface area contributed by atoms with Gasteiger partial charge in [-0.05, 0) is 51.3 Å². The molecule has 0 radical (unpaired) electrons. The number of oxazole rings is 1. The number of unbranched alkanes of at least 4 members (excludes halogenated alkanes) is 7.